The molecule has 1 aromatic carbocycles. The number of imide groups is 1. The van der Waals surface area contributed by atoms with E-state index in [1.54, 1.807) is 18.2 Å². The van der Waals surface area contributed by atoms with Gasteiger partial charge in [-0.1, -0.05) is 15.9 Å². The second-order valence-electron chi connectivity index (χ2n) is 6.20. The minimum Gasteiger partial charge on any atom is -0.337 e. The SMILES string of the molecule is CC1CNCCN1C(=O)CCCN1C(=O)c2ccc(Br)cc2C1=O. The molecule has 6 nitrogen and oxygen atoms in total. The Morgan fingerprint density at radius 2 is 2.04 bits per heavy atom. The summed E-state index contributed by atoms with van der Waals surface area (Å²) in [5, 5.41) is 3.25. The second kappa shape index (κ2) is 7.03. The Bertz CT molecular complexity index is 692. The maximum Gasteiger partial charge on any atom is 0.261 e. The van der Waals surface area contributed by atoms with Crippen LogP contribution in [0.5, 0.6) is 0 Å². The van der Waals surface area contributed by atoms with Crippen LogP contribution in [0.1, 0.15) is 40.5 Å². The molecule has 128 valence electrons. The fourth-order valence-electron chi connectivity index (χ4n) is 3.21. The number of fused-ring (bicyclic) bond motifs is 1. The van der Waals surface area contributed by atoms with Gasteiger partial charge in [0.05, 0.1) is 11.1 Å². The third-order valence-electron chi connectivity index (χ3n) is 4.53. The number of nitrogens with zero attached hydrogens (tertiary/aromatic N) is 2. The van der Waals surface area contributed by atoms with Crippen molar-refractivity contribution in [2.75, 3.05) is 26.2 Å². The van der Waals surface area contributed by atoms with E-state index in [0.29, 0.717) is 30.5 Å². The summed E-state index contributed by atoms with van der Waals surface area (Å²) in [5.74, 6) is -0.465. The van der Waals surface area contributed by atoms with Crippen LogP contribution in [0.2, 0.25) is 0 Å². The summed E-state index contributed by atoms with van der Waals surface area (Å²) in [6.07, 6.45) is 0.837. The number of carbonyl (C=O) groups is 3. The number of piperazine rings is 1. The van der Waals surface area contributed by atoms with E-state index in [0.717, 1.165) is 17.6 Å². The highest BCUT2D eigenvalue weighted by Gasteiger charge is 2.35. The fourth-order valence-corrected chi connectivity index (χ4v) is 3.57. The Hall–Kier alpha value is -1.73. The Labute approximate surface area is 149 Å². The zero-order valence-electron chi connectivity index (χ0n) is 13.5. The highest BCUT2D eigenvalue weighted by atomic mass is 79.9. The van der Waals surface area contributed by atoms with Crippen molar-refractivity contribution in [1.29, 1.82) is 0 Å². The van der Waals surface area contributed by atoms with E-state index in [2.05, 4.69) is 21.2 Å². The summed E-state index contributed by atoms with van der Waals surface area (Å²) in [4.78, 5) is 40.1. The minimum atomic E-state index is -0.278. The Kier molecular flexibility index (Phi) is 5.01. The third kappa shape index (κ3) is 3.23. The lowest BCUT2D eigenvalue weighted by molar-refractivity contribution is -0.134. The first kappa shape index (κ1) is 17.1. The molecule has 1 fully saturated rings. The first-order valence-electron chi connectivity index (χ1n) is 8.15. The Morgan fingerprint density at radius 3 is 2.79 bits per heavy atom. The van der Waals surface area contributed by atoms with Crippen molar-refractivity contribution < 1.29 is 14.4 Å². The maximum atomic E-state index is 12.4. The molecule has 0 radical (unpaired) electrons. The van der Waals surface area contributed by atoms with E-state index in [1.807, 2.05) is 11.8 Å². The number of amides is 3. The van der Waals surface area contributed by atoms with E-state index >= 15 is 0 Å². The predicted octanol–water partition coefficient (Wildman–Crippen LogP) is 1.65. The fraction of sp³-hybridized carbons (Fsp3) is 0.471. The molecule has 1 atom stereocenters. The molecule has 0 aromatic heterocycles. The monoisotopic (exact) mass is 393 g/mol. The van der Waals surface area contributed by atoms with Gasteiger partial charge in [0.1, 0.15) is 0 Å². The summed E-state index contributed by atoms with van der Waals surface area (Å²) < 4.78 is 0.770. The highest BCUT2D eigenvalue weighted by molar-refractivity contribution is 9.10. The zero-order valence-corrected chi connectivity index (χ0v) is 15.1. The highest BCUT2D eigenvalue weighted by Crippen LogP contribution is 2.26. The van der Waals surface area contributed by atoms with Gasteiger partial charge in [-0.15, -0.1) is 0 Å². The van der Waals surface area contributed by atoms with Gasteiger partial charge in [-0.2, -0.15) is 0 Å². The van der Waals surface area contributed by atoms with E-state index in [4.69, 9.17) is 0 Å². The van der Waals surface area contributed by atoms with Gasteiger partial charge in [-0.25, -0.2) is 0 Å². The van der Waals surface area contributed by atoms with Gasteiger partial charge in [0.15, 0.2) is 0 Å². The molecule has 7 heteroatoms. The molecule has 0 aliphatic carbocycles. The molecule has 3 rings (SSSR count). The summed E-state index contributed by atoms with van der Waals surface area (Å²) in [5.41, 5.74) is 0.863. The number of rotatable bonds is 4. The molecule has 1 aromatic rings. The second-order valence-corrected chi connectivity index (χ2v) is 7.11. The average Bonchev–Trinajstić information content (AvgIpc) is 2.79. The number of halogens is 1. The van der Waals surface area contributed by atoms with Crippen LogP contribution in [-0.2, 0) is 4.79 Å². The number of hydrogen-bond acceptors (Lipinski definition) is 4. The van der Waals surface area contributed by atoms with Crippen molar-refractivity contribution in [1.82, 2.24) is 15.1 Å². The van der Waals surface area contributed by atoms with Gasteiger partial charge >= 0.3 is 0 Å². The van der Waals surface area contributed by atoms with Crippen LogP contribution in [0.3, 0.4) is 0 Å². The van der Waals surface area contributed by atoms with Gasteiger partial charge in [0.2, 0.25) is 5.91 Å². The Balaban J connectivity index is 1.57. The minimum absolute atomic E-state index is 0.0864. The summed E-state index contributed by atoms with van der Waals surface area (Å²) in [6.45, 7) is 4.62. The molecule has 3 amide bonds. The lowest BCUT2D eigenvalue weighted by atomic mass is 10.1. The van der Waals surface area contributed by atoms with E-state index in [-0.39, 0.29) is 30.3 Å². The molecule has 2 aliphatic heterocycles. The topological polar surface area (TPSA) is 69.7 Å². The summed E-state index contributed by atoms with van der Waals surface area (Å²) in [7, 11) is 0. The molecule has 1 saturated heterocycles. The van der Waals surface area contributed by atoms with Crippen LogP contribution in [0, 0.1) is 0 Å². The smallest absolute Gasteiger partial charge is 0.261 e. The maximum absolute atomic E-state index is 12.4. The number of hydrogen-bond donors (Lipinski definition) is 1. The van der Waals surface area contributed by atoms with Crippen molar-refractivity contribution in [2.45, 2.75) is 25.8 Å². The van der Waals surface area contributed by atoms with Crippen molar-refractivity contribution >= 4 is 33.7 Å². The molecule has 1 N–H and O–H groups in total. The van der Waals surface area contributed by atoms with Gasteiger partial charge < -0.3 is 10.2 Å². The van der Waals surface area contributed by atoms with Crippen LogP contribution in [0.4, 0.5) is 0 Å². The first-order chi connectivity index (χ1) is 11.5. The van der Waals surface area contributed by atoms with Crippen molar-refractivity contribution in [3.63, 3.8) is 0 Å². The van der Waals surface area contributed by atoms with Crippen molar-refractivity contribution in [3.8, 4) is 0 Å². The van der Waals surface area contributed by atoms with Crippen LogP contribution < -0.4 is 5.32 Å². The lowest BCUT2D eigenvalue weighted by Crippen LogP contribution is -2.52. The zero-order chi connectivity index (χ0) is 17.3. The molecule has 24 heavy (non-hydrogen) atoms. The first-order valence-corrected chi connectivity index (χ1v) is 8.94. The molecular weight excluding hydrogens is 374 g/mol. The van der Waals surface area contributed by atoms with Gasteiger partial charge in [0.25, 0.3) is 11.8 Å². The van der Waals surface area contributed by atoms with Crippen LogP contribution in [-0.4, -0.2) is 59.7 Å². The van der Waals surface area contributed by atoms with E-state index in [1.165, 1.54) is 4.90 Å². The molecule has 0 saturated carbocycles. The standard InChI is InChI=1S/C17H20BrN3O3/c1-11-10-19-6-8-20(11)15(22)3-2-7-21-16(23)13-5-4-12(18)9-14(13)17(21)24/h4-5,9,11,19H,2-3,6-8,10H2,1H3. The molecule has 2 heterocycles. The molecule has 1 unspecified atom stereocenters. The molecular formula is C17H20BrN3O3. The van der Waals surface area contributed by atoms with E-state index in [9.17, 15) is 14.4 Å². The molecule has 2 aliphatic rings. The number of benzene rings is 1. The summed E-state index contributed by atoms with van der Waals surface area (Å²) in [6, 6.07) is 5.27. The average molecular weight is 394 g/mol. The molecule has 0 spiro atoms. The quantitative estimate of drug-likeness (QED) is 0.789. The normalized spacial score (nSPS) is 20.5. The van der Waals surface area contributed by atoms with Crippen molar-refractivity contribution in [3.05, 3.63) is 33.8 Å². The van der Waals surface area contributed by atoms with Crippen LogP contribution in [0.25, 0.3) is 0 Å². The van der Waals surface area contributed by atoms with Gasteiger partial charge in [0, 0.05) is 43.1 Å². The van der Waals surface area contributed by atoms with Crippen LogP contribution >= 0.6 is 15.9 Å². The number of carbonyl (C=O) groups excluding carboxylic acids is 3. The predicted molar refractivity (Wildman–Crippen MR) is 92.8 cm³/mol. The van der Waals surface area contributed by atoms with Gasteiger partial charge in [-0.3, -0.25) is 19.3 Å². The summed E-state index contributed by atoms with van der Waals surface area (Å²) >= 11 is 3.32. The van der Waals surface area contributed by atoms with Crippen molar-refractivity contribution in [2.24, 2.45) is 0 Å². The van der Waals surface area contributed by atoms with Crippen LogP contribution in [0.15, 0.2) is 22.7 Å². The van der Waals surface area contributed by atoms with E-state index < -0.39 is 0 Å². The van der Waals surface area contributed by atoms with Gasteiger partial charge in [-0.05, 0) is 31.5 Å². The Morgan fingerprint density at radius 1 is 1.29 bits per heavy atom. The number of nitrogens with one attached hydrogen (secondary N) is 1. The lowest BCUT2D eigenvalue weighted by Gasteiger charge is -2.34. The third-order valence-corrected chi connectivity index (χ3v) is 5.02. The largest absolute Gasteiger partial charge is 0.337 e. The molecule has 0 bridgehead atoms.